The summed E-state index contributed by atoms with van der Waals surface area (Å²) < 4.78 is 7.79. The van der Waals surface area contributed by atoms with Crippen molar-refractivity contribution in [3.63, 3.8) is 0 Å². The second kappa shape index (κ2) is 8.78. The molecule has 0 spiro atoms. The molecule has 2 aliphatic rings. The van der Waals surface area contributed by atoms with Crippen LogP contribution in [0.15, 0.2) is 24.4 Å². The van der Waals surface area contributed by atoms with E-state index in [1.807, 2.05) is 13.1 Å². The second-order valence-corrected chi connectivity index (χ2v) is 9.30. The lowest BCUT2D eigenvalue weighted by molar-refractivity contribution is -0.118. The Bertz CT molecular complexity index is 1190. The summed E-state index contributed by atoms with van der Waals surface area (Å²) in [4.78, 5) is 26.2. The molecule has 2 aliphatic heterocycles. The van der Waals surface area contributed by atoms with Crippen LogP contribution >= 0.6 is 0 Å². The third-order valence-electron chi connectivity index (χ3n) is 7.35. The van der Waals surface area contributed by atoms with Crippen molar-refractivity contribution in [3.8, 4) is 5.75 Å². The summed E-state index contributed by atoms with van der Waals surface area (Å²) >= 11 is 0. The average molecular weight is 448 g/mol. The van der Waals surface area contributed by atoms with Crippen molar-refractivity contribution in [2.24, 2.45) is 0 Å². The molecule has 4 heterocycles. The van der Waals surface area contributed by atoms with Gasteiger partial charge in [0.25, 0.3) is 0 Å². The van der Waals surface area contributed by atoms with Crippen LogP contribution in [0.2, 0.25) is 0 Å². The first-order valence-electron chi connectivity index (χ1n) is 12.0. The largest absolute Gasteiger partial charge is 0.497 e. The molecule has 1 amide bonds. The maximum absolute atomic E-state index is 12.2. The highest BCUT2D eigenvalue weighted by Crippen LogP contribution is 2.33. The number of carbonyl (C=O) groups is 1. The molecule has 1 aromatic carbocycles. The Morgan fingerprint density at radius 1 is 1.15 bits per heavy atom. The van der Waals surface area contributed by atoms with Crippen LogP contribution in [0.5, 0.6) is 5.75 Å². The average Bonchev–Trinajstić information content (AvgIpc) is 3.18. The molecule has 1 saturated heterocycles. The Labute approximate surface area is 195 Å². The number of fused-ring (bicyclic) bond motifs is 2. The zero-order valence-electron chi connectivity index (χ0n) is 20.1. The van der Waals surface area contributed by atoms with E-state index >= 15 is 0 Å². The van der Waals surface area contributed by atoms with E-state index in [2.05, 4.69) is 41.6 Å². The first-order valence-corrected chi connectivity index (χ1v) is 12.0. The fourth-order valence-corrected chi connectivity index (χ4v) is 5.33. The lowest BCUT2D eigenvalue weighted by Crippen LogP contribution is -2.35. The normalized spacial score (nSPS) is 17.6. The van der Waals surface area contributed by atoms with Crippen molar-refractivity contribution in [3.05, 3.63) is 47.0 Å². The number of anilines is 1. The first kappa shape index (κ1) is 21.9. The van der Waals surface area contributed by atoms with Gasteiger partial charge in [-0.3, -0.25) is 14.6 Å². The summed E-state index contributed by atoms with van der Waals surface area (Å²) in [7, 11) is 3.56. The molecule has 0 atom stereocenters. The van der Waals surface area contributed by atoms with Gasteiger partial charge in [-0.1, -0.05) is 0 Å². The number of rotatable bonds is 5. The highest BCUT2D eigenvalue weighted by molar-refractivity contribution is 5.94. The Balaban J connectivity index is 1.31. The smallest absolute Gasteiger partial charge is 0.228 e. The summed E-state index contributed by atoms with van der Waals surface area (Å²) in [6.45, 7) is 8.16. The van der Waals surface area contributed by atoms with Gasteiger partial charge in [0, 0.05) is 60.8 Å². The Kier molecular flexibility index (Phi) is 5.83. The zero-order valence-corrected chi connectivity index (χ0v) is 20.1. The molecule has 1 fully saturated rings. The van der Waals surface area contributed by atoms with Crippen LogP contribution < -0.4 is 9.64 Å². The lowest BCUT2D eigenvalue weighted by Gasteiger charge is -2.32. The number of aromatic nitrogens is 3. The van der Waals surface area contributed by atoms with Crippen LogP contribution in [0.25, 0.3) is 10.9 Å². The minimum absolute atomic E-state index is 0.143. The van der Waals surface area contributed by atoms with Gasteiger partial charge in [-0.2, -0.15) is 0 Å². The Hall–Kier alpha value is -2.93. The number of hydrogen-bond donors (Lipinski definition) is 0. The molecule has 0 N–H and O–H groups in total. The first-order chi connectivity index (χ1) is 16.0. The molecule has 0 unspecified atom stereocenters. The van der Waals surface area contributed by atoms with E-state index in [9.17, 15) is 4.79 Å². The third-order valence-corrected chi connectivity index (χ3v) is 7.35. The number of nitrogens with zero attached hydrogens (tertiary/aromatic N) is 5. The van der Waals surface area contributed by atoms with Gasteiger partial charge in [-0.05, 0) is 70.0 Å². The summed E-state index contributed by atoms with van der Waals surface area (Å²) in [5, 5.41) is 1.28. The van der Waals surface area contributed by atoms with Gasteiger partial charge in [0.1, 0.15) is 17.4 Å². The minimum atomic E-state index is 0.143. The number of hydrogen-bond acceptors (Lipinski definition) is 5. The Morgan fingerprint density at radius 2 is 1.94 bits per heavy atom. The van der Waals surface area contributed by atoms with Crippen LogP contribution in [0.1, 0.15) is 54.7 Å². The van der Waals surface area contributed by atoms with Gasteiger partial charge in [0.15, 0.2) is 0 Å². The van der Waals surface area contributed by atoms with Gasteiger partial charge >= 0.3 is 0 Å². The second-order valence-electron chi connectivity index (χ2n) is 9.30. The van der Waals surface area contributed by atoms with Crippen LogP contribution in [-0.2, 0) is 24.3 Å². The van der Waals surface area contributed by atoms with E-state index in [0.717, 1.165) is 74.1 Å². The maximum Gasteiger partial charge on any atom is 0.228 e. The zero-order chi connectivity index (χ0) is 23.1. The number of piperidine rings is 1. The summed E-state index contributed by atoms with van der Waals surface area (Å²) in [6.07, 6.45) is 5.65. The topological polar surface area (TPSA) is 63.5 Å². The van der Waals surface area contributed by atoms with Gasteiger partial charge in [-0.25, -0.2) is 9.97 Å². The van der Waals surface area contributed by atoms with Gasteiger partial charge < -0.3 is 9.30 Å². The number of amides is 1. The Morgan fingerprint density at radius 3 is 2.67 bits per heavy atom. The molecule has 0 bridgehead atoms. The molecule has 5 rings (SSSR count). The van der Waals surface area contributed by atoms with E-state index < -0.39 is 0 Å². The van der Waals surface area contributed by atoms with E-state index in [0.29, 0.717) is 12.3 Å². The molecule has 0 radical (unpaired) electrons. The monoisotopic (exact) mass is 447 g/mol. The maximum atomic E-state index is 12.2. The molecular weight excluding hydrogens is 414 g/mol. The van der Waals surface area contributed by atoms with E-state index in [1.54, 1.807) is 12.0 Å². The lowest BCUT2D eigenvalue weighted by atomic mass is 9.94. The van der Waals surface area contributed by atoms with Crippen LogP contribution in [0.3, 0.4) is 0 Å². The van der Waals surface area contributed by atoms with Crippen molar-refractivity contribution in [2.45, 2.75) is 58.5 Å². The number of carbonyl (C=O) groups excluding carboxylic acids is 1. The van der Waals surface area contributed by atoms with E-state index in [4.69, 9.17) is 14.7 Å². The molecule has 0 saturated carbocycles. The molecular formula is C26H33N5O2. The molecule has 2 aromatic heterocycles. The summed E-state index contributed by atoms with van der Waals surface area (Å²) in [6, 6.07) is 6.35. The molecule has 7 heteroatoms. The standard InChI is InChI=1S/C26H33N5O2/c1-5-31-16-19(22-14-20(33-4)6-8-23(22)31)15-30-12-10-18(11-13-30)25-27-17(2)21-7-9-24(32)29(3)26(21)28-25/h6,8,14,16,18H,5,7,9-13,15H2,1-4H3. The van der Waals surface area contributed by atoms with E-state index in [-0.39, 0.29) is 5.91 Å². The predicted octanol–water partition coefficient (Wildman–Crippen LogP) is 4.06. The molecule has 33 heavy (non-hydrogen) atoms. The highest BCUT2D eigenvalue weighted by atomic mass is 16.5. The van der Waals surface area contributed by atoms with Crippen molar-refractivity contribution < 1.29 is 9.53 Å². The van der Waals surface area contributed by atoms with Gasteiger partial charge in [0.2, 0.25) is 5.91 Å². The number of likely N-dealkylation sites (tertiary alicyclic amines) is 1. The van der Waals surface area contributed by atoms with Crippen molar-refractivity contribution >= 4 is 22.6 Å². The fraction of sp³-hybridized carbons (Fsp3) is 0.500. The van der Waals surface area contributed by atoms with Gasteiger partial charge in [0.05, 0.1) is 7.11 Å². The third kappa shape index (κ3) is 3.99. The quantitative estimate of drug-likeness (QED) is 0.590. The van der Waals surface area contributed by atoms with Crippen LogP contribution in [0.4, 0.5) is 5.82 Å². The summed E-state index contributed by atoms with van der Waals surface area (Å²) in [5.74, 6) is 3.11. The summed E-state index contributed by atoms with van der Waals surface area (Å²) in [5.41, 5.74) is 4.77. The van der Waals surface area contributed by atoms with Crippen molar-refractivity contribution in [1.29, 1.82) is 0 Å². The van der Waals surface area contributed by atoms with Crippen LogP contribution in [0, 0.1) is 6.92 Å². The number of benzene rings is 1. The number of aryl methyl sites for hydroxylation is 2. The van der Waals surface area contributed by atoms with E-state index in [1.165, 1.54) is 16.5 Å². The fourth-order valence-electron chi connectivity index (χ4n) is 5.33. The van der Waals surface area contributed by atoms with Crippen molar-refractivity contribution in [2.75, 3.05) is 32.1 Å². The SMILES string of the molecule is CCn1cc(CN2CCC(c3nc(C)c4c(n3)N(C)C(=O)CC4)CC2)c2cc(OC)ccc21. The van der Waals surface area contributed by atoms with Gasteiger partial charge in [-0.15, -0.1) is 0 Å². The van der Waals surface area contributed by atoms with Crippen molar-refractivity contribution in [1.82, 2.24) is 19.4 Å². The number of methoxy groups -OCH3 is 1. The highest BCUT2D eigenvalue weighted by Gasteiger charge is 2.29. The minimum Gasteiger partial charge on any atom is -0.497 e. The van der Waals surface area contributed by atoms with Crippen LogP contribution in [-0.4, -0.2) is 52.6 Å². The molecule has 7 nitrogen and oxygen atoms in total. The number of ether oxygens (including phenoxy) is 1. The molecule has 174 valence electrons. The molecule has 0 aliphatic carbocycles. The molecule has 3 aromatic rings. The predicted molar refractivity (Wildman–Crippen MR) is 130 cm³/mol.